The van der Waals surface area contributed by atoms with Crippen molar-refractivity contribution in [1.29, 1.82) is 0 Å². The number of rotatable bonds is 6. The van der Waals surface area contributed by atoms with Crippen LogP contribution in [0, 0.1) is 0 Å². The molecule has 0 amide bonds. The zero-order chi connectivity index (χ0) is 14.4. The predicted octanol–water partition coefficient (Wildman–Crippen LogP) is 3.62. The molecule has 2 aromatic carbocycles. The van der Waals surface area contributed by atoms with Crippen LogP contribution in [0.15, 0.2) is 54.6 Å². The summed E-state index contributed by atoms with van der Waals surface area (Å²) >= 11 is 0. The van der Waals surface area contributed by atoms with Crippen LogP contribution in [0.2, 0.25) is 0 Å². The molecule has 2 heteroatoms. The van der Waals surface area contributed by atoms with Crippen LogP contribution in [0.3, 0.4) is 0 Å². The molecule has 0 aromatic heterocycles. The second kappa shape index (κ2) is 6.58. The van der Waals surface area contributed by atoms with Crippen LogP contribution in [0.1, 0.15) is 24.5 Å². The maximum Gasteiger partial charge on any atom is 0.119 e. The highest BCUT2D eigenvalue weighted by Gasteiger charge is 2.25. The SMILES string of the molecule is CCC(O)(Cc1ccccc1)Cc1cccc(OC)c1. The molecule has 0 radical (unpaired) electrons. The van der Waals surface area contributed by atoms with Gasteiger partial charge in [-0.05, 0) is 29.7 Å². The number of methoxy groups -OCH3 is 1. The van der Waals surface area contributed by atoms with Crippen LogP contribution in [-0.2, 0) is 12.8 Å². The minimum Gasteiger partial charge on any atom is -0.497 e. The van der Waals surface area contributed by atoms with E-state index in [2.05, 4.69) is 12.1 Å². The average Bonchev–Trinajstić information content (AvgIpc) is 2.48. The van der Waals surface area contributed by atoms with E-state index < -0.39 is 5.60 Å². The van der Waals surface area contributed by atoms with E-state index in [0.29, 0.717) is 12.8 Å². The third kappa shape index (κ3) is 3.84. The molecular weight excluding hydrogens is 248 g/mol. The lowest BCUT2D eigenvalue weighted by atomic mass is 9.86. The normalized spacial score (nSPS) is 13.8. The van der Waals surface area contributed by atoms with Gasteiger partial charge in [-0.2, -0.15) is 0 Å². The fraction of sp³-hybridized carbons (Fsp3) is 0.333. The van der Waals surface area contributed by atoms with Crippen LogP contribution < -0.4 is 4.74 Å². The van der Waals surface area contributed by atoms with E-state index in [1.807, 2.05) is 49.4 Å². The van der Waals surface area contributed by atoms with Gasteiger partial charge in [-0.1, -0.05) is 49.4 Å². The van der Waals surface area contributed by atoms with Gasteiger partial charge in [0.15, 0.2) is 0 Å². The Kier molecular flexibility index (Phi) is 4.80. The van der Waals surface area contributed by atoms with Crippen LogP contribution in [-0.4, -0.2) is 17.8 Å². The van der Waals surface area contributed by atoms with Gasteiger partial charge in [0.2, 0.25) is 0 Å². The lowest BCUT2D eigenvalue weighted by Gasteiger charge is -2.27. The number of aliphatic hydroxyl groups is 1. The number of hydrogen-bond donors (Lipinski definition) is 1. The van der Waals surface area contributed by atoms with Gasteiger partial charge in [-0.3, -0.25) is 0 Å². The molecule has 106 valence electrons. The molecule has 20 heavy (non-hydrogen) atoms. The Morgan fingerprint density at radius 1 is 0.950 bits per heavy atom. The maximum absolute atomic E-state index is 10.8. The molecule has 0 aliphatic rings. The third-order valence-corrected chi connectivity index (χ3v) is 3.70. The Morgan fingerprint density at radius 3 is 2.25 bits per heavy atom. The molecule has 2 rings (SSSR count). The maximum atomic E-state index is 10.8. The van der Waals surface area contributed by atoms with Gasteiger partial charge in [-0.25, -0.2) is 0 Å². The second-order valence-corrected chi connectivity index (χ2v) is 5.27. The van der Waals surface area contributed by atoms with Crippen molar-refractivity contribution in [3.8, 4) is 5.75 Å². The first kappa shape index (κ1) is 14.6. The second-order valence-electron chi connectivity index (χ2n) is 5.27. The predicted molar refractivity (Wildman–Crippen MR) is 82.1 cm³/mol. The first-order valence-corrected chi connectivity index (χ1v) is 7.04. The summed E-state index contributed by atoms with van der Waals surface area (Å²) in [4.78, 5) is 0. The van der Waals surface area contributed by atoms with E-state index in [0.717, 1.165) is 17.7 Å². The van der Waals surface area contributed by atoms with E-state index in [1.165, 1.54) is 5.56 Å². The molecule has 0 bridgehead atoms. The summed E-state index contributed by atoms with van der Waals surface area (Å²) in [6.07, 6.45) is 2.02. The summed E-state index contributed by atoms with van der Waals surface area (Å²) in [5.41, 5.74) is 1.55. The molecule has 1 atom stereocenters. The summed E-state index contributed by atoms with van der Waals surface area (Å²) < 4.78 is 5.24. The zero-order valence-corrected chi connectivity index (χ0v) is 12.2. The Hall–Kier alpha value is -1.80. The van der Waals surface area contributed by atoms with Gasteiger partial charge in [0.25, 0.3) is 0 Å². The first-order chi connectivity index (χ1) is 9.65. The van der Waals surface area contributed by atoms with Gasteiger partial charge >= 0.3 is 0 Å². The van der Waals surface area contributed by atoms with Crippen molar-refractivity contribution in [2.24, 2.45) is 0 Å². The van der Waals surface area contributed by atoms with Crippen LogP contribution in [0.25, 0.3) is 0 Å². The van der Waals surface area contributed by atoms with Crippen molar-refractivity contribution in [3.63, 3.8) is 0 Å². The highest BCUT2D eigenvalue weighted by molar-refractivity contribution is 5.30. The van der Waals surface area contributed by atoms with Crippen LogP contribution >= 0.6 is 0 Å². The van der Waals surface area contributed by atoms with Gasteiger partial charge in [-0.15, -0.1) is 0 Å². The molecule has 2 aromatic rings. The molecule has 0 saturated heterocycles. The third-order valence-electron chi connectivity index (χ3n) is 3.70. The Morgan fingerprint density at radius 2 is 1.60 bits per heavy atom. The first-order valence-electron chi connectivity index (χ1n) is 7.04. The molecule has 1 unspecified atom stereocenters. The molecule has 2 nitrogen and oxygen atoms in total. The Labute approximate surface area is 121 Å². The van der Waals surface area contributed by atoms with E-state index in [1.54, 1.807) is 7.11 Å². The molecule has 0 spiro atoms. The zero-order valence-electron chi connectivity index (χ0n) is 12.2. The highest BCUT2D eigenvalue weighted by Crippen LogP contribution is 2.24. The number of ether oxygens (including phenoxy) is 1. The fourth-order valence-electron chi connectivity index (χ4n) is 2.45. The van der Waals surface area contributed by atoms with Crippen molar-refractivity contribution in [3.05, 3.63) is 65.7 Å². The summed E-state index contributed by atoms with van der Waals surface area (Å²) in [6, 6.07) is 18.1. The molecular formula is C18H22O2. The Balaban J connectivity index is 2.14. The van der Waals surface area contributed by atoms with Crippen LogP contribution in [0.4, 0.5) is 0 Å². The largest absolute Gasteiger partial charge is 0.497 e. The lowest BCUT2D eigenvalue weighted by molar-refractivity contribution is 0.0368. The quantitative estimate of drug-likeness (QED) is 0.868. The Bertz CT molecular complexity index is 536. The van der Waals surface area contributed by atoms with E-state index in [4.69, 9.17) is 4.74 Å². The molecule has 1 N–H and O–H groups in total. The van der Waals surface area contributed by atoms with Crippen molar-refractivity contribution in [1.82, 2.24) is 0 Å². The van der Waals surface area contributed by atoms with E-state index in [-0.39, 0.29) is 0 Å². The van der Waals surface area contributed by atoms with Crippen molar-refractivity contribution in [2.75, 3.05) is 7.11 Å². The minimum absolute atomic E-state index is 0.635. The fourth-order valence-corrected chi connectivity index (χ4v) is 2.45. The summed E-state index contributed by atoms with van der Waals surface area (Å²) in [6.45, 7) is 2.03. The number of hydrogen-bond acceptors (Lipinski definition) is 2. The van der Waals surface area contributed by atoms with Crippen molar-refractivity contribution in [2.45, 2.75) is 31.8 Å². The standard InChI is InChI=1S/C18H22O2/c1-3-18(19,13-15-8-5-4-6-9-15)14-16-10-7-11-17(12-16)20-2/h4-12,19H,3,13-14H2,1-2H3. The topological polar surface area (TPSA) is 29.5 Å². The van der Waals surface area contributed by atoms with Gasteiger partial charge in [0, 0.05) is 12.8 Å². The summed E-state index contributed by atoms with van der Waals surface area (Å²) in [5, 5.41) is 10.8. The van der Waals surface area contributed by atoms with Crippen LogP contribution in [0.5, 0.6) is 5.75 Å². The minimum atomic E-state index is -0.715. The van der Waals surface area contributed by atoms with E-state index >= 15 is 0 Å². The lowest BCUT2D eigenvalue weighted by Crippen LogP contribution is -2.33. The van der Waals surface area contributed by atoms with Crippen molar-refractivity contribution >= 4 is 0 Å². The van der Waals surface area contributed by atoms with Gasteiger partial charge in [0.05, 0.1) is 12.7 Å². The molecule has 0 heterocycles. The highest BCUT2D eigenvalue weighted by atomic mass is 16.5. The summed E-state index contributed by atoms with van der Waals surface area (Å²) in [5.74, 6) is 0.834. The van der Waals surface area contributed by atoms with Gasteiger partial charge < -0.3 is 9.84 Å². The molecule has 0 fully saturated rings. The summed E-state index contributed by atoms with van der Waals surface area (Å²) in [7, 11) is 1.66. The smallest absolute Gasteiger partial charge is 0.119 e. The molecule has 0 aliphatic carbocycles. The molecule has 0 saturated carbocycles. The number of benzene rings is 2. The van der Waals surface area contributed by atoms with Crippen molar-refractivity contribution < 1.29 is 9.84 Å². The van der Waals surface area contributed by atoms with E-state index in [9.17, 15) is 5.11 Å². The molecule has 0 aliphatic heterocycles. The monoisotopic (exact) mass is 270 g/mol. The van der Waals surface area contributed by atoms with Gasteiger partial charge in [0.1, 0.15) is 5.75 Å². The average molecular weight is 270 g/mol.